The number of amides is 1. The maximum atomic E-state index is 13.3. The first-order chi connectivity index (χ1) is 14.1. The van der Waals surface area contributed by atoms with Crippen LogP contribution < -0.4 is 9.62 Å². The second kappa shape index (κ2) is 9.08. The lowest BCUT2D eigenvalue weighted by Crippen LogP contribution is -2.38. The van der Waals surface area contributed by atoms with Crippen molar-refractivity contribution in [3.8, 4) is 0 Å². The monoisotopic (exact) mass is 462 g/mol. The van der Waals surface area contributed by atoms with E-state index in [9.17, 15) is 13.2 Å². The predicted molar refractivity (Wildman–Crippen MR) is 122 cm³/mol. The van der Waals surface area contributed by atoms with Gasteiger partial charge < -0.3 is 5.32 Å². The molecule has 0 heterocycles. The molecule has 0 spiro atoms. The molecule has 1 amide bonds. The summed E-state index contributed by atoms with van der Waals surface area (Å²) in [6.45, 7) is 3.43. The minimum atomic E-state index is -4.04. The van der Waals surface area contributed by atoms with Gasteiger partial charge in [-0.15, -0.1) is 0 Å². The van der Waals surface area contributed by atoms with E-state index in [2.05, 4.69) is 5.32 Å². The van der Waals surface area contributed by atoms with Crippen LogP contribution in [0, 0.1) is 13.8 Å². The maximum absolute atomic E-state index is 13.3. The molecule has 1 N–H and O–H groups in total. The number of nitrogens with zero attached hydrogens (tertiary/aromatic N) is 1. The molecule has 0 aromatic heterocycles. The number of nitrogens with one attached hydrogen (secondary N) is 1. The van der Waals surface area contributed by atoms with Crippen LogP contribution in [0.2, 0.25) is 10.0 Å². The number of rotatable bonds is 6. The van der Waals surface area contributed by atoms with E-state index in [0.717, 1.165) is 15.4 Å². The molecular formula is C22H20Cl2N2O3S. The summed E-state index contributed by atoms with van der Waals surface area (Å²) in [7, 11) is -4.04. The minimum absolute atomic E-state index is 0.0195. The Morgan fingerprint density at radius 1 is 0.900 bits per heavy atom. The van der Waals surface area contributed by atoms with Crippen LogP contribution >= 0.6 is 23.2 Å². The van der Waals surface area contributed by atoms with Gasteiger partial charge >= 0.3 is 0 Å². The van der Waals surface area contributed by atoms with E-state index in [1.54, 1.807) is 18.2 Å². The Bertz CT molecular complexity index is 1160. The van der Waals surface area contributed by atoms with Crippen molar-refractivity contribution in [3.63, 3.8) is 0 Å². The van der Waals surface area contributed by atoms with Gasteiger partial charge in [0.15, 0.2) is 0 Å². The summed E-state index contributed by atoms with van der Waals surface area (Å²) in [4.78, 5) is 12.8. The highest BCUT2D eigenvalue weighted by molar-refractivity contribution is 7.92. The molecule has 0 aliphatic carbocycles. The summed E-state index contributed by atoms with van der Waals surface area (Å²) in [5, 5.41) is 3.54. The fourth-order valence-electron chi connectivity index (χ4n) is 3.06. The first-order valence-electron chi connectivity index (χ1n) is 9.07. The standard InChI is InChI=1S/C22H20Cl2N2O3S/c1-15-10-16(2)12-19(11-15)25-22(27)14-26(20-5-3-4-18(24)13-20)30(28,29)21-8-6-17(23)7-9-21/h3-13H,14H2,1-2H3,(H,25,27). The van der Waals surface area contributed by atoms with E-state index in [1.807, 2.05) is 32.0 Å². The molecule has 3 aromatic carbocycles. The van der Waals surface area contributed by atoms with Crippen molar-refractivity contribution in [1.29, 1.82) is 0 Å². The Hall–Kier alpha value is -2.54. The molecule has 0 aliphatic heterocycles. The zero-order valence-electron chi connectivity index (χ0n) is 16.4. The summed E-state index contributed by atoms with van der Waals surface area (Å²) >= 11 is 12.0. The van der Waals surface area contributed by atoms with Gasteiger partial charge in [-0.25, -0.2) is 8.42 Å². The third-order valence-electron chi connectivity index (χ3n) is 4.29. The summed E-state index contributed by atoms with van der Waals surface area (Å²) in [5.74, 6) is -0.475. The van der Waals surface area contributed by atoms with E-state index in [-0.39, 0.29) is 10.6 Å². The van der Waals surface area contributed by atoms with Gasteiger partial charge in [0.2, 0.25) is 5.91 Å². The molecular weight excluding hydrogens is 443 g/mol. The van der Waals surface area contributed by atoms with Crippen LogP contribution in [0.5, 0.6) is 0 Å². The molecule has 0 radical (unpaired) electrons. The first-order valence-corrected chi connectivity index (χ1v) is 11.3. The molecule has 3 rings (SSSR count). The van der Waals surface area contributed by atoms with Crippen LogP contribution in [0.4, 0.5) is 11.4 Å². The molecule has 0 saturated carbocycles. The first kappa shape index (κ1) is 22.2. The number of benzene rings is 3. The van der Waals surface area contributed by atoms with Crippen molar-refractivity contribution in [2.45, 2.75) is 18.7 Å². The van der Waals surface area contributed by atoms with Gasteiger partial charge in [-0.1, -0.05) is 35.3 Å². The molecule has 30 heavy (non-hydrogen) atoms. The zero-order chi connectivity index (χ0) is 21.9. The lowest BCUT2D eigenvalue weighted by atomic mass is 10.1. The number of halogens is 2. The second-order valence-electron chi connectivity index (χ2n) is 6.87. The summed E-state index contributed by atoms with van der Waals surface area (Å²) in [6.07, 6.45) is 0. The molecule has 0 atom stereocenters. The molecule has 8 heteroatoms. The Morgan fingerprint density at radius 3 is 2.13 bits per heavy atom. The highest BCUT2D eigenvalue weighted by Crippen LogP contribution is 2.27. The van der Waals surface area contributed by atoms with Gasteiger partial charge in [-0.3, -0.25) is 9.10 Å². The third kappa shape index (κ3) is 5.33. The second-order valence-corrected chi connectivity index (χ2v) is 9.61. The van der Waals surface area contributed by atoms with E-state index in [4.69, 9.17) is 23.2 Å². The Kier molecular flexibility index (Phi) is 6.71. The maximum Gasteiger partial charge on any atom is 0.264 e. The van der Waals surface area contributed by atoms with Crippen LogP contribution in [0.15, 0.2) is 71.6 Å². The average molecular weight is 463 g/mol. The fraction of sp³-hybridized carbons (Fsp3) is 0.136. The number of sulfonamides is 1. The summed E-state index contributed by atoms with van der Waals surface area (Å²) in [5.41, 5.74) is 2.87. The number of carbonyl (C=O) groups excluding carboxylic acids is 1. The lowest BCUT2D eigenvalue weighted by Gasteiger charge is -2.24. The highest BCUT2D eigenvalue weighted by Gasteiger charge is 2.27. The van der Waals surface area contributed by atoms with Crippen molar-refractivity contribution in [2.24, 2.45) is 0 Å². The quantitative estimate of drug-likeness (QED) is 0.529. The number of hydrogen-bond acceptors (Lipinski definition) is 3. The van der Waals surface area contributed by atoms with Gasteiger partial charge in [0.1, 0.15) is 6.54 Å². The van der Waals surface area contributed by atoms with Crippen LogP contribution in [0.1, 0.15) is 11.1 Å². The number of carbonyl (C=O) groups is 1. The van der Waals surface area contributed by atoms with Crippen LogP contribution in [0.25, 0.3) is 0 Å². The predicted octanol–water partition coefficient (Wildman–Crippen LogP) is 5.44. The molecule has 0 unspecified atom stereocenters. The zero-order valence-corrected chi connectivity index (χ0v) is 18.7. The number of hydrogen-bond donors (Lipinski definition) is 1. The van der Waals surface area contributed by atoms with E-state index < -0.39 is 22.5 Å². The number of anilines is 2. The van der Waals surface area contributed by atoms with Crippen molar-refractivity contribution < 1.29 is 13.2 Å². The molecule has 0 aliphatic rings. The van der Waals surface area contributed by atoms with Crippen molar-refractivity contribution in [2.75, 3.05) is 16.2 Å². The van der Waals surface area contributed by atoms with E-state index in [0.29, 0.717) is 15.7 Å². The van der Waals surface area contributed by atoms with Gasteiger partial charge in [0.25, 0.3) is 10.0 Å². The Balaban J connectivity index is 1.95. The molecule has 0 saturated heterocycles. The van der Waals surface area contributed by atoms with Gasteiger partial charge in [-0.2, -0.15) is 0 Å². The van der Waals surface area contributed by atoms with Crippen LogP contribution in [-0.4, -0.2) is 20.9 Å². The average Bonchev–Trinajstić information content (AvgIpc) is 2.65. The van der Waals surface area contributed by atoms with Crippen LogP contribution in [0.3, 0.4) is 0 Å². The lowest BCUT2D eigenvalue weighted by molar-refractivity contribution is -0.114. The molecule has 156 valence electrons. The topological polar surface area (TPSA) is 66.5 Å². The fourth-order valence-corrected chi connectivity index (χ4v) is 4.78. The van der Waals surface area contributed by atoms with Gasteiger partial charge in [-0.05, 0) is 79.6 Å². The Labute approximate surface area is 186 Å². The summed E-state index contributed by atoms with van der Waals surface area (Å²) < 4.78 is 27.7. The Morgan fingerprint density at radius 2 is 1.53 bits per heavy atom. The highest BCUT2D eigenvalue weighted by atomic mass is 35.5. The van der Waals surface area contributed by atoms with Gasteiger partial charge in [0, 0.05) is 15.7 Å². The van der Waals surface area contributed by atoms with Crippen molar-refractivity contribution in [1.82, 2.24) is 0 Å². The SMILES string of the molecule is Cc1cc(C)cc(NC(=O)CN(c2cccc(Cl)c2)S(=O)(=O)c2ccc(Cl)cc2)c1. The largest absolute Gasteiger partial charge is 0.324 e. The van der Waals surface area contributed by atoms with E-state index >= 15 is 0 Å². The smallest absolute Gasteiger partial charge is 0.264 e. The summed E-state index contributed by atoms with van der Waals surface area (Å²) in [6, 6.07) is 17.7. The molecule has 0 bridgehead atoms. The van der Waals surface area contributed by atoms with Crippen molar-refractivity contribution >= 4 is 50.5 Å². The minimum Gasteiger partial charge on any atom is -0.324 e. The van der Waals surface area contributed by atoms with Gasteiger partial charge in [0.05, 0.1) is 10.6 Å². The normalized spacial score (nSPS) is 11.2. The van der Waals surface area contributed by atoms with E-state index in [1.165, 1.54) is 30.3 Å². The van der Waals surface area contributed by atoms with Crippen LogP contribution in [-0.2, 0) is 14.8 Å². The third-order valence-corrected chi connectivity index (χ3v) is 6.57. The number of aryl methyl sites for hydroxylation is 2. The van der Waals surface area contributed by atoms with Crippen molar-refractivity contribution in [3.05, 3.63) is 87.9 Å². The molecule has 0 fully saturated rings. The molecule has 3 aromatic rings. The molecule has 5 nitrogen and oxygen atoms in total.